The maximum atomic E-state index is 12.6. The van der Waals surface area contributed by atoms with Gasteiger partial charge in [-0.2, -0.15) is 13.2 Å². The van der Waals surface area contributed by atoms with Gasteiger partial charge in [-0.3, -0.25) is 0 Å². The highest BCUT2D eigenvalue weighted by atomic mass is 32.2. The van der Waals surface area contributed by atoms with Gasteiger partial charge in [0.2, 0.25) is 0 Å². The lowest BCUT2D eigenvalue weighted by molar-refractivity contribution is -0.137. The molecule has 112 valence electrons. The Hall–Kier alpha value is -1.08. The third-order valence-electron chi connectivity index (χ3n) is 3.85. The molecule has 1 saturated carbocycles. The largest absolute Gasteiger partial charge is 0.416 e. The van der Waals surface area contributed by atoms with E-state index in [2.05, 4.69) is 0 Å². The molecule has 1 aromatic carbocycles. The van der Waals surface area contributed by atoms with E-state index >= 15 is 0 Å². The maximum Gasteiger partial charge on any atom is 0.416 e. The second-order valence-corrected chi connectivity index (χ2v) is 7.57. The molecule has 1 aromatic rings. The lowest BCUT2D eigenvalue weighted by Gasteiger charge is -2.36. The van der Waals surface area contributed by atoms with Gasteiger partial charge >= 0.3 is 6.18 Å². The Morgan fingerprint density at radius 1 is 1.30 bits per heavy atom. The van der Waals surface area contributed by atoms with Gasteiger partial charge in [-0.15, -0.1) is 0 Å². The summed E-state index contributed by atoms with van der Waals surface area (Å²) in [6.07, 6.45) is -3.35. The fourth-order valence-electron chi connectivity index (χ4n) is 2.41. The van der Waals surface area contributed by atoms with Crippen LogP contribution >= 0.6 is 0 Å². The summed E-state index contributed by atoms with van der Waals surface area (Å²) in [6, 6.07) is 3.89. The van der Waals surface area contributed by atoms with Gasteiger partial charge in [-0.05, 0) is 43.9 Å². The quantitative estimate of drug-likeness (QED) is 0.934. The molecule has 0 bridgehead atoms. The first-order valence-electron chi connectivity index (χ1n) is 6.29. The molecule has 2 rings (SSSR count). The van der Waals surface area contributed by atoms with Crippen LogP contribution < -0.4 is 5.73 Å². The molecule has 0 aromatic heterocycles. The fraction of sp³-hybridized carbons (Fsp3) is 0.538. The standard InChI is InChI=1S/C13H16F3NO2S/c1-8(9-5-11(17)6-9)20(18,19)12-4-2-3-10(7-12)13(14,15)16/h2-4,7-9,11H,5-6,17H2,1H3/t8?,9-,11-. The van der Waals surface area contributed by atoms with Crippen LogP contribution in [0.2, 0.25) is 0 Å². The predicted molar refractivity (Wildman–Crippen MR) is 68.8 cm³/mol. The minimum absolute atomic E-state index is 0.000778. The van der Waals surface area contributed by atoms with Crippen LogP contribution in [0.3, 0.4) is 0 Å². The summed E-state index contributed by atoms with van der Waals surface area (Å²) < 4.78 is 62.6. The zero-order chi connectivity index (χ0) is 15.1. The first kappa shape index (κ1) is 15.3. The molecule has 0 saturated heterocycles. The molecule has 20 heavy (non-hydrogen) atoms. The molecule has 0 amide bonds. The molecule has 1 aliphatic rings. The Morgan fingerprint density at radius 2 is 1.90 bits per heavy atom. The Labute approximate surface area is 115 Å². The monoisotopic (exact) mass is 307 g/mol. The average molecular weight is 307 g/mol. The first-order chi connectivity index (χ1) is 9.12. The van der Waals surface area contributed by atoms with Gasteiger partial charge in [0.25, 0.3) is 0 Å². The number of benzene rings is 1. The summed E-state index contributed by atoms with van der Waals surface area (Å²) in [4.78, 5) is -0.278. The Bertz CT molecular complexity index is 592. The van der Waals surface area contributed by atoms with Crippen molar-refractivity contribution >= 4 is 9.84 Å². The third kappa shape index (κ3) is 2.83. The molecule has 0 radical (unpaired) electrons. The van der Waals surface area contributed by atoms with Crippen molar-refractivity contribution in [3.8, 4) is 0 Å². The Balaban J connectivity index is 2.30. The van der Waals surface area contributed by atoms with Crippen molar-refractivity contribution in [1.29, 1.82) is 0 Å². The van der Waals surface area contributed by atoms with Crippen LogP contribution in [-0.2, 0) is 16.0 Å². The van der Waals surface area contributed by atoms with Crippen LogP contribution in [0.4, 0.5) is 13.2 Å². The fourth-order valence-corrected chi connectivity index (χ4v) is 4.13. The van der Waals surface area contributed by atoms with Crippen molar-refractivity contribution in [2.24, 2.45) is 11.7 Å². The summed E-state index contributed by atoms with van der Waals surface area (Å²) in [5.41, 5.74) is 4.68. The number of nitrogens with two attached hydrogens (primary N) is 1. The summed E-state index contributed by atoms with van der Waals surface area (Å²) in [7, 11) is -3.76. The van der Waals surface area contributed by atoms with E-state index in [9.17, 15) is 21.6 Å². The maximum absolute atomic E-state index is 12.6. The lowest BCUT2D eigenvalue weighted by atomic mass is 9.79. The van der Waals surface area contributed by atoms with E-state index in [0.29, 0.717) is 18.9 Å². The van der Waals surface area contributed by atoms with E-state index < -0.39 is 26.8 Å². The minimum atomic E-state index is -4.55. The zero-order valence-corrected chi connectivity index (χ0v) is 11.7. The molecule has 7 heteroatoms. The first-order valence-corrected chi connectivity index (χ1v) is 7.83. The molecule has 0 spiro atoms. The molecular weight excluding hydrogens is 291 g/mol. The van der Waals surface area contributed by atoms with Gasteiger partial charge in [-0.25, -0.2) is 8.42 Å². The number of rotatable bonds is 3. The van der Waals surface area contributed by atoms with Crippen molar-refractivity contribution in [1.82, 2.24) is 0 Å². The van der Waals surface area contributed by atoms with E-state index in [0.717, 1.165) is 12.1 Å². The van der Waals surface area contributed by atoms with E-state index in [1.54, 1.807) is 0 Å². The molecule has 1 aliphatic carbocycles. The van der Waals surface area contributed by atoms with E-state index in [-0.39, 0.29) is 16.9 Å². The van der Waals surface area contributed by atoms with Crippen LogP contribution in [0, 0.1) is 5.92 Å². The SMILES string of the molecule is CC([C@H]1C[C@H](N)C1)S(=O)(=O)c1cccc(C(F)(F)F)c1. The zero-order valence-electron chi connectivity index (χ0n) is 10.9. The highest BCUT2D eigenvalue weighted by Crippen LogP contribution is 2.36. The van der Waals surface area contributed by atoms with E-state index in [1.807, 2.05) is 0 Å². The van der Waals surface area contributed by atoms with Crippen molar-refractivity contribution in [2.45, 2.75) is 42.1 Å². The summed E-state index contributed by atoms with van der Waals surface area (Å²) in [5, 5.41) is -0.717. The average Bonchev–Trinajstić information content (AvgIpc) is 2.33. The van der Waals surface area contributed by atoms with E-state index in [4.69, 9.17) is 5.73 Å². The van der Waals surface area contributed by atoms with Crippen molar-refractivity contribution in [3.05, 3.63) is 29.8 Å². The Morgan fingerprint density at radius 3 is 2.40 bits per heavy atom. The number of hydrogen-bond donors (Lipinski definition) is 1. The van der Waals surface area contributed by atoms with Gasteiger partial charge in [0.05, 0.1) is 15.7 Å². The molecule has 1 fully saturated rings. The molecule has 3 nitrogen and oxygen atoms in total. The smallest absolute Gasteiger partial charge is 0.328 e. The second-order valence-electron chi connectivity index (χ2n) is 5.27. The predicted octanol–water partition coefficient (Wildman–Crippen LogP) is 2.60. The summed E-state index contributed by atoms with van der Waals surface area (Å²) in [5.74, 6) is -0.0791. The third-order valence-corrected chi connectivity index (χ3v) is 6.13. The van der Waals surface area contributed by atoms with Gasteiger partial charge in [-0.1, -0.05) is 6.07 Å². The number of hydrogen-bond acceptors (Lipinski definition) is 3. The number of sulfone groups is 1. The molecule has 1 atom stereocenters. The Kier molecular flexibility index (Phi) is 3.85. The summed E-state index contributed by atoms with van der Waals surface area (Å²) in [6.45, 7) is 1.53. The highest BCUT2D eigenvalue weighted by Gasteiger charge is 2.39. The van der Waals surface area contributed by atoms with Gasteiger partial charge in [0.1, 0.15) is 0 Å². The summed E-state index contributed by atoms with van der Waals surface area (Å²) >= 11 is 0. The molecular formula is C13H16F3NO2S. The van der Waals surface area contributed by atoms with Crippen LogP contribution in [0.15, 0.2) is 29.2 Å². The molecule has 2 N–H and O–H groups in total. The van der Waals surface area contributed by atoms with Crippen molar-refractivity contribution < 1.29 is 21.6 Å². The van der Waals surface area contributed by atoms with Crippen LogP contribution in [0.1, 0.15) is 25.3 Å². The van der Waals surface area contributed by atoms with Gasteiger partial charge < -0.3 is 5.73 Å². The van der Waals surface area contributed by atoms with Crippen LogP contribution in [-0.4, -0.2) is 19.7 Å². The lowest BCUT2D eigenvalue weighted by Crippen LogP contribution is -2.44. The van der Waals surface area contributed by atoms with Crippen molar-refractivity contribution in [2.75, 3.05) is 0 Å². The van der Waals surface area contributed by atoms with Crippen LogP contribution in [0.5, 0.6) is 0 Å². The number of alkyl halides is 3. The topological polar surface area (TPSA) is 60.2 Å². The van der Waals surface area contributed by atoms with Crippen molar-refractivity contribution in [3.63, 3.8) is 0 Å². The van der Waals surface area contributed by atoms with E-state index in [1.165, 1.54) is 13.0 Å². The second kappa shape index (κ2) is 5.04. The minimum Gasteiger partial charge on any atom is -0.328 e. The molecule has 1 unspecified atom stereocenters. The normalized spacial score (nSPS) is 25.1. The highest BCUT2D eigenvalue weighted by molar-refractivity contribution is 7.92. The van der Waals surface area contributed by atoms with Crippen LogP contribution in [0.25, 0.3) is 0 Å². The van der Waals surface area contributed by atoms with Gasteiger partial charge in [0.15, 0.2) is 9.84 Å². The van der Waals surface area contributed by atoms with Gasteiger partial charge in [0, 0.05) is 6.04 Å². The number of halogens is 3. The molecule has 0 heterocycles. The molecule has 0 aliphatic heterocycles.